The van der Waals surface area contributed by atoms with Crippen molar-refractivity contribution in [3.05, 3.63) is 70.8 Å². The first-order chi connectivity index (χ1) is 14.3. The quantitative estimate of drug-likeness (QED) is 0.432. The SMILES string of the molecule is COc1ccc(C(O)=C2C(=O)C(=O)N(CCCN(C)C)[C@@H]2c2ccccc2)cc1C. The third kappa shape index (κ3) is 4.24. The first-order valence-corrected chi connectivity index (χ1v) is 9.98. The van der Waals surface area contributed by atoms with E-state index in [4.69, 9.17) is 4.74 Å². The van der Waals surface area contributed by atoms with Crippen molar-refractivity contribution in [3.63, 3.8) is 0 Å². The largest absolute Gasteiger partial charge is 0.507 e. The summed E-state index contributed by atoms with van der Waals surface area (Å²) in [6.07, 6.45) is 0.727. The summed E-state index contributed by atoms with van der Waals surface area (Å²) in [5.41, 5.74) is 2.24. The van der Waals surface area contributed by atoms with Crippen molar-refractivity contribution in [2.75, 3.05) is 34.3 Å². The Hall–Kier alpha value is -3.12. The number of nitrogens with zero attached hydrogens (tertiary/aromatic N) is 2. The number of methoxy groups -OCH3 is 1. The van der Waals surface area contributed by atoms with E-state index >= 15 is 0 Å². The lowest BCUT2D eigenvalue weighted by atomic mass is 9.95. The number of hydrogen-bond donors (Lipinski definition) is 1. The second-order valence-electron chi connectivity index (χ2n) is 7.74. The fourth-order valence-corrected chi connectivity index (χ4v) is 3.83. The maximum Gasteiger partial charge on any atom is 0.295 e. The molecule has 2 aromatic carbocycles. The van der Waals surface area contributed by atoms with Crippen LogP contribution in [-0.2, 0) is 9.59 Å². The van der Waals surface area contributed by atoms with Crippen molar-refractivity contribution < 1.29 is 19.4 Å². The number of carbonyl (C=O) groups excluding carboxylic acids is 2. The first kappa shape index (κ1) is 21.6. The number of hydrogen-bond acceptors (Lipinski definition) is 5. The molecule has 1 heterocycles. The smallest absolute Gasteiger partial charge is 0.295 e. The van der Waals surface area contributed by atoms with Gasteiger partial charge >= 0.3 is 0 Å². The van der Waals surface area contributed by atoms with Gasteiger partial charge in [0.15, 0.2) is 0 Å². The van der Waals surface area contributed by atoms with Crippen molar-refractivity contribution in [1.29, 1.82) is 0 Å². The van der Waals surface area contributed by atoms with E-state index in [1.807, 2.05) is 56.3 Å². The number of likely N-dealkylation sites (tertiary alicyclic amines) is 1. The predicted octanol–water partition coefficient (Wildman–Crippen LogP) is 3.38. The zero-order chi connectivity index (χ0) is 21.8. The highest BCUT2D eigenvalue weighted by molar-refractivity contribution is 6.46. The number of aryl methyl sites for hydroxylation is 1. The van der Waals surface area contributed by atoms with E-state index in [-0.39, 0.29) is 11.3 Å². The summed E-state index contributed by atoms with van der Waals surface area (Å²) in [5.74, 6) is -0.701. The normalized spacial score (nSPS) is 18.3. The summed E-state index contributed by atoms with van der Waals surface area (Å²) >= 11 is 0. The van der Waals surface area contributed by atoms with Gasteiger partial charge in [0.2, 0.25) is 0 Å². The number of ketones is 1. The lowest BCUT2D eigenvalue weighted by Gasteiger charge is -2.26. The van der Waals surface area contributed by atoms with Crippen LogP contribution in [0.3, 0.4) is 0 Å². The van der Waals surface area contributed by atoms with Crippen LogP contribution in [0.25, 0.3) is 5.76 Å². The highest BCUT2D eigenvalue weighted by Gasteiger charge is 2.45. The minimum Gasteiger partial charge on any atom is -0.507 e. The van der Waals surface area contributed by atoms with Gasteiger partial charge in [-0.3, -0.25) is 9.59 Å². The molecule has 1 atom stereocenters. The fraction of sp³-hybridized carbons (Fsp3) is 0.333. The van der Waals surface area contributed by atoms with Crippen LogP contribution in [0, 0.1) is 6.92 Å². The minimum atomic E-state index is -0.653. The molecule has 0 saturated carbocycles. The molecule has 1 saturated heterocycles. The molecule has 6 heteroatoms. The summed E-state index contributed by atoms with van der Waals surface area (Å²) < 4.78 is 5.28. The lowest BCUT2D eigenvalue weighted by Crippen LogP contribution is -2.32. The van der Waals surface area contributed by atoms with Crippen molar-refractivity contribution in [1.82, 2.24) is 9.80 Å². The molecular weight excluding hydrogens is 380 g/mol. The topological polar surface area (TPSA) is 70.1 Å². The average molecular weight is 408 g/mol. The van der Waals surface area contributed by atoms with Gasteiger partial charge < -0.3 is 19.6 Å². The number of benzene rings is 2. The molecule has 0 aromatic heterocycles. The Morgan fingerprint density at radius 1 is 1.13 bits per heavy atom. The molecule has 0 radical (unpaired) electrons. The summed E-state index contributed by atoms with van der Waals surface area (Å²) in [5, 5.41) is 11.1. The van der Waals surface area contributed by atoms with Crippen molar-refractivity contribution in [2.45, 2.75) is 19.4 Å². The molecule has 1 fully saturated rings. The maximum atomic E-state index is 13.0. The van der Waals surface area contributed by atoms with E-state index in [1.165, 1.54) is 0 Å². The third-order valence-corrected chi connectivity index (χ3v) is 5.33. The Balaban J connectivity index is 2.08. The fourth-order valence-electron chi connectivity index (χ4n) is 3.83. The molecule has 1 aliphatic rings. The van der Waals surface area contributed by atoms with E-state index < -0.39 is 17.7 Å². The van der Waals surface area contributed by atoms with Gasteiger partial charge in [0, 0.05) is 12.1 Å². The summed E-state index contributed by atoms with van der Waals surface area (Å²) in [4.78, 5) is 29.5. The van der Waals surface area contributed by atoms with Gasteiger partial charge in [-0.05, 0) is 63.3 Å². The summed E-state index contributed by atoms with van der Waals surface area (Å²) in [7, 11) is 5.51. The molecule has 0 aliphatic carbocycles. The summed E-state index contributed by atoms with van der Waals surface area (Å²) in [6, 6.07) is 14.0. The Morgan fingerprint density at radius 3 is 2.43 bits per heavy atom. The zero-order valence-corrected chi connectivity index (χ0v) is 17.9. The van der Waals surface area contributed by atoms with E-state index in [9.17, 15) is 14.7 Å². The molecular formula is C24H28N2O4. The van der Waals surface area contributed by atoms with Crippen LogP contribution >= 0.6 is 0 Å². The number of aliphatic hydroxyl groups excluding tert-OH is 1. The summed E-state index contributed by atoms with van der Waals surface area (Å²) in [6.45, 7) is 3.09. The number of amides is 1. The van der Waals surface area contributed by atoms with Crippen LogP contribution in [-0.4, -0.2) is 60.9 Å². The van der Waals surface area contributed by atoms with Crippen molar-refractivity contribution >= 4 is 17.4 Å². The van der Waals surface area contributed by atoms with Gasteiger partial charge in [0.25, 0.3) is 11.7 Å². The van der Waals surface area contributed by atoms with Crippen molar-refractivity contribution in [2.24, 2.45) is 0 Å². The molecule has 0 unspecified atom stereocenters. The third-order valence-electron chi connectivity index (χ3n) is 5.33. The zero-order valence-electron chi connectivity index (χ0n) is 17.9. The van der Waals surface area contributed by atoms with Gasteiger partial charge in [-0.1, -0.05) is 30.3 Å². The highest BCUT2D eigenvalue weighted by atomic mass is 16.5. The monoisotopic (exact) mass is 408 g/mol. The van der Waals surface area contributed by atoms with Crippen molar-refractivity contribution in [3.8, 4) is 5.75 Å². The molecule has 158 valence electrons. The number of Topliss-reactive ketones (excluding diaryl/α,β-unsaturated/α-hetero) is 1. The molecule has 6 nitrogen and oxygen atoms in total. The van der Waals surface area contributed by atoms with Crippen LogP contribution in [0.1, 0.15) is 29.2 Å². The second-order valence-corrected chi connectivity index (χ2v) is 7.74. The molecule has 1 N–H and O–H groups in total. The Bertz CT molecular complexity index is 966. The van der Waals surface area contributed by atoms with Gasteiger partial charge in [0.05, 0.1) is 18.7 Å². The lowest BCUT2D eigenvalue weighted by molar-refractivity contribution is -0.139. The number of carbonyl (C=O) groups is 2. The molecule has 0 spiro atoms. The molecule has 3 rings (SSSR count). The van der Waals surface area contributed by atoms with E-state index in [2.05, 4.69) is 0 Å². The van der Waals surface area contributed by atoms with Crippen LogP contribution in [0.15, 0.2) is 54.1 Å². The van der Waals surface area contributed by atoms with Crippen LogP contribution in [0.5, 0.6) is 5.75 Å². The van der Waals surface area contributed by atoms with Gasteiger partial charge in [-0.25, -0.2) is 0 Å². The Morgan fingerprint density at radius 2 is 1.83 bits per heavy atom. The van der Waals surface area contributed by atoms with Crippen LogP contribution < -0.4 is 4.74 Å². The minimum absolute atomic E-state index is 0.126. The van der Waals surface area contributed by atoms with E-state index in [0.29, 0.717) is 17.9 Å². The van der Waals surface area contributed by atoms with E-state index in [1.54, 1.807) is 30.2 Å². The second kappa shape index (κ2) is 9.13. The predicted molar refractivity (Wildman–Crippen MR) is 116 cm³/mol. The molecule has 2 aromatic rings. The van der Waals surface area contributed by atoms with Gasteiger partial charge in [-0.2, -0.15) is 0 Å². The number of rotatable bonds is 7. The maximum absolute atomic E-state index is 13.0. The Labute approximate surface area is 177 Å². The van der Waals surface area contributed by atoms with Gasteiger partial charge in [-0.15, -0.1) is 0 Å². The van der Waals surface area contributed by atoms with Crippen LogP contribution in [0.4, 0.5) is 0 Å². The molecule has 1 aliphatic heterocycles. The number of ether oxygens (including phenoxy) is 1. The molecule has 1 amide bonds. The standard InChI is InChI=1S/C24H28N2O4/c1-16-15-18(11-12-19(16)30-4)22(27)20-21(17-9-6-5-7-10-17)26(24(29)23(20)28)14-8-13-25(2)3/h5-7,9-12,15,21,27H,8,13-14H2,1-4H3/t21-/m1/s1. The average Bonchev–Trinajstić information content (AvgIpc) is 2.98. The highest BCUT2D eigenvalue weighted by Crippen LogP contribution is 2.39. The number of aliphatic hydroxyl groups is 1. The molecule has 30 heavy (non-hydrogen) atoms. The van der Waals surface area contributed by atoms with Crippen LogP contribution in [0.2, 0.25) is 0 Å². The first-order valence-electron chi connectivity index (χ1n) is 9.98. The van der Waals surface area contributed by atoms with E-state index in [0.717, 1.165) is 24.1 Å². The van der Waals surface area contributed by atoms with Gasteiger partial charge in [0.1, 0.15) is 11.5 Å². The Kier molecular flexibility index (Phi) is 6.57. The molecule has 0 bridgehead atoms.